The van der Waals surface area contributed by atoms with Crippen molar-refractivity contribution in [1.82, 2.24) is 0 Å². The van der Waals surface area contributed by atoms with Crippen LogP contribution in [0.2, 0.25) is 5.02 Å². The number of nitrogens with two attached hydrogens (primary N) is 2. The van der Waals surface area contributed by atoms with Crippen LogP contribution in [0.4, 0.5) is 5.69 Å². The van der Waals surface area contributed by atoms with Gasteiger partial charge in [0.25, 0.3) is 0 Å². The Bertz CT molecular complexity index is 575. The Hall–Kier alpha value is -1.01. The van der Waals surface area contributed by atoms with Crippen molar-refractivity contribution < 1.29 is 9.31 Å². The van der Waals surface area contributed by atoms with Gasteiger partial charge in [-0.2, -0.15) is 0 Å². The number of hydrogen-bond acceptors (Lipinski definition) is 4. The van der Waals surface area contributed by atoms with Crippen molar-refractivity contribution in [2.45, 2.75) is 45.8 Å². The first-order chi connectivity index (χ1) is 10.1. The van der Waals surface area contributed by atoms with Crippen LogP contribution in [0.15, 0.2) is 17.6 Å². The summed E-state index contributed by atoms with van der Waals surface area (Å²) < 4.78 is 12.1. The van der Waals surface area contributed by atoms with Crippen molar-refractivity contribution in [3.8, 4) is 0 Å². The summed E-state index contributed by atoms with van der Waals surface area (Å²) in [5.41, 5.74) is 14.3. The van der Waals surface area contributed by atoms with E-state index in [9.17, 15) is 0 Å². The lowest BCUT2D eigenvalue weighted by atomic mass is 9.77. The third-order valence-electron chi connectivity index (χ3n) is 4.50. The van der Waals surface area contributed by atoms with Crippen LogP contribution in [0.3, 0.4) is 0 Å². The summed E-state index contributed by atoms with van der Waals surface area (Å²) in [5.74, 6) is 0. The smallest absolute Gasteiger partial charge is 0.400 e. The zero-order valence-electron chi connectivity index (χ0n) is 13.9. The maximum atomic E-state index is 6.15. The Kier molecular flexibility index (Phi) is 4.65. The van der Waals surface area contributed by atoms with Crippen molar-refractivity contribution in [2.24, 2.45) is 5.73 Å². The van der Waals surface area contributed by atoms with Gasteiger partial charge in [-0.1, -0.05) is 17.7 Å². The average molecular weight is 323 g/mol. The molecular weight excluding hydrogens is 298 g/mol. The number of halogens is 1. The number of benzene rings is 1. The van der Waals surface area contributed by atoms with Gasteiger partial charge in [-0.05, 0) is 63.4 Å². The molecule has 4 N–H and O–H groups in total. The summed E-state index contributed by atoms with van der Waals surface area (Å²) in [4.78, 5) is 0. The molecule has 4 nitrogen and oxygen atoms in total. The lowest BCUT2D eigenvalue weighted by Gasteiger charge is -2.32. The van der Waals surface area contributed by atoms with Crippen LogP contribution in [0.1, 0.15) is 38.8 Å². The number of nitrogen functional groups attached to an aromatic ring is 1. The molecule has 6 heteroatoms. The molecule has 0 bridgehead atoms. The molecule has 1 aromatic rings. The first-order valence-electron chi connectivity index (χ1n) is 7.39. The molecule has 0 amide bonds. The standard InChI is InChI=1S/C16H24BClN2O2/c1-10-6-11(8-13(18)14(10)20)7-12(9-19)17-21-15(2,3)16(4,5)22-17/h6-8H,9,19-20H2,1-5H3. The molecule has 22 heavy (non-hydrogen) atoms. The third-order valence-corrected chi connectivity index (χ3v) is 4.82. The predicted octanol–water partition coefficient (Wildman–Crippen LogP) is 3.20. The summed E-state index contributed by atoms with van der Waals surface area (Å²) >= 11 is 6.15. The average Bonchev–Trinajstić information content (AvgIpc) is 2.61. The summed E-state index contributed by atoms with van der Waals surface area (Å²) in [6, 6.07) is 3.80. The highest BCUT2D eigenvalue weighted by molar-refractivity contribution is 6.56. The molecule has 120 valence electrons. The van der Waals surface area contributed by atoms with Crippen LogP contribution in [0.5, 0.6) is 0 Å². The summed E-state index contributed by atoms with van der Waals surface area (Å²) in [6.07, 6.45) is 1.96. The second-order valence-corrected chi connectivity index (χ2v) is 7.15. The van der Waals surface area contributed by atoms with Crippen molar-refractivity contribution >= 4 is 30.5 Å². The maximum absolute atomic E-state index is 6.15. The maximum Gasteiger partial charge on any atom is 0.491 e. The molecular formula is C16H24BClN2O2. The Morgan fingerprint density at radius 2 is 1.77 bits per heavy atom. The summed E-state index contributed by atoms with van der Waals surface area (Å²) in [6.45, 7) is 10.3. The van der Waals surface area contributed by atoms with E-state index in [1.165, 1.54) is 0 Å². The molecule has 1 aromatic carbocycles. The minimum Gasteiger partial charge on any atom is -0.400 e. The Balaban J connectivity index is 2.34. The molecule has 1 saturated heterocycles. The van der Waals surface area contributed by atoms with Gasteiger partial charge in [0.2, 0.25) is 0 Å². The minimum atomic E-state index is -0.452. The Morgan fingerprint density at radius 3 is 2.23 bits per heavy atom. The van der Waals surface area contributed by atoms with Crippen LogP contribution in [0, 0.1) is 6.92 Å². The fraction of sp³-hybridized carbons (Fsp3) is 0.500. The largest absolute Gasteiger partial charge is 0.491 e. The van der Waals surface area contributed by atoms with Crippen molar-refractivity contribution in [1.29, 1.82) is 0 Å². The van der Waals surface area contributed by atoms with Crippen molar-refractivity contribution in [3.05, 3.63) is 33.8 Å². The minimum absolute atomic E-state index is 0.345. The highest BCUT2D eigenvalue weighted by Crippen LogP contribution is 2.38. The first-order valence-corrected chi connectivity index (χ1v) is 7.77. The van der Waals surface area contributed by atoms with E-state index in [1.54, 1.807) is 0 Å². The lowest BCUT2D eigenvalue weighted by molar-refractivity contribution is 0.00578. The predicted molar refractivity (Wildman–Crippen MR) is 93.7 cm³/mol. The van der Waals surface area contributed by atoms with E-state index in [0.29, 0.717) is 17.3 Å². The van der Waals surface area contributed by atoms with E-state index in [1.807, 2.05) is 52.8 Å². The topological polar surface area (TPSA) is 70.5 Å². The van der Waals surface area contributed by atoms with E-state index in [-0.39, 0.29) is 11.2 Å². The number of anilines is 1. The van der Waals surface area contributed by atoms with Gasteiger partial charge in [-0.15, -0.1) is 0 Å². The number of rotatable bonds is 3. The van der Waals surface area contributed by atoms with E-state index in [0.717, 1.165) is 16.6 Å². The van der Waals surface area contributed by atoms with Gasteiger partial charge in [-0.25, -0.2) is 0 Å². The fourth-order valence-electron chi connectivity index (χ4n) is 2.30. The third kappa shape index (κ3) is 3.18. The molecule has 1 heterocycles. The zero-order chi connectivity index (χ0) is 16.7. The second-order valence-electron chi connectivity index (χ2n) is 6.74. The molecule has 0 saturated carbocycles. The van der Waals surface area contributed by atoms with Crippen LogP contribution >= 0.6 is 11.6 Å². The van der Waals surface area contributed by atoms with Crippen molar-refractivity contribution in [3.63, 3.8) is 0 Å². The van der Waals surface area contributed by atoms with Gasteiger partial charge in [0, 0.05) is 6.54 Å². The first kappa shape index (κ1) is 17.4. The highest BCUT2D eigenvalue weighted by Gasteiger charge is 2.52. The van der Waals surface area contributed by atoms with E-state index >= 15 is 0 Å². The van der Waals surface area contributed by atoms with Crippen LogP contribution < -0.4 is 11.5 Å². The molecule has 0 aliphatic carbocycles. The monoisotopic (exact) mass is 322 g/mol. The number of aryl methyl sites for hydroxylation is 1. The summed E-state index contributed by atoms with van der Waals surface area (Å²) in [7, 11) is -0.452. The summed E-state index contributed by atoms with van der Waals surface area (Å²) in [5, 5.41) is 0.538. The number of hydrogen-bond donors (Lipinski definition) is 2. The molecule has 1 aliphatic rings. The molecule has 0 radical (unpaired) electrons. The van der Waals surface area contributed by atoms with E-state index in [4.69, 9.17) is 32.4 Å². The van der Waals surface area contributed by atoms with Crippen molar-refractivity contribution in [2.75, 3.05) is 12.3 Å². The quantitative estimate of drug-likeness (QED) is 0.662. The van der Waals surface area contributed by atoms with E-state index < -0.39 is 7.12 Å². The molecule has 0 unspecified atom stereocenters. The van der Waals surface area contributed by atoms with Gasteiger partial charge in [-0.3, -0.25) is 0 Å². The molecule has 0 spiro atoms. The normalized spacial score (nSPS) is 20.5. The van der Waals surface area contributed by atoms with Gasteiger partial charge in [0.1, 0.15) is 0 Å². The Labute approximate surface area is 137 Å². The van der Waals surface area contributed by atoms with Crippen LogP contribution in [-0.2, 0) is 9.31 Å². The van der Waals surface area contributed by atoms with Crippen LogP contribution in [0.25, 0.3) is 6.08 Å². The van der Waals surface area contributed by atoms with Gasteiger partial charge < -0.3 is 20.8 Å². The van der Waals surface area contributed by atoms with Gasteiger partial charge in [0.05, 0.1) is 21.9 Å². The second kappa shape index (κ2) is 5.89. The molecule has 0 aromatic heterocycles. The SMILES string of the molecule is Cc1cc(C=C(CN)B2OC(C)(C)C(C)(C)O2)cc(Cl)c1N. The lowest BCUT2D eigenvalue weighted by Crippen LogP contribution is -2.41. The fourth-order valence-corrected chi connectivity index (χ4v) is 2.57. The zero-order valence-corrected chi connectivity index (χ0v) is 14.6. The van der Waals surface area contributed by atoms with Gasteiger partial charge >= 0.3 is 7.12 Å². The highest BCUT2D eigenvalue weighted by atomic mass is 35.5. The van der Waals surface area contributed by atoms with Crippen LogP contribution in [-0.4, -0.2) is 24.9 Å². The molecule has 0 atom stereocenters. The molecule has 1 fully saturated rings. The van der Waals surface area contributed by atoms with E-state index in [2.05, 4.69) is 0 Å². The molecule has 2 rings (SSSR count). The molecule has 1 aliphatic heterocycles. The van der Waals surface area contributed by atoms with Gasteiger partial charge in [0.15, 0.2) is 0 Å². The Morgan fingerprint density at radius 1 is 1.23 bits per heavy atom.